The monoisotopic (exact) mass is 393 g/mol. The lowest BCUT2D eigenvalue weighted by molar-refractivity contribution is 0.432. The van der Waals surface area contributed by atoms with Crippen LogP contribution in [0.15, 0.2) is 55.9 Å². The van der Waals surface area contributed by atoms with Crippen molar-refractivity contribution in [1.29, 1.82) is 0 Å². The van der Waals surface area contributed by atoms with Gasteiger partial charge in [-0.05, 0) is 58.4 Å². The predicted octanol–water partition coefficient (Wildman–Crippen LogP) is 4.51. The summed E-state index contributed by atoms with van der Waals surface area (Å²) >= 11 is 6.78. The number of hydrogen-bond donors (Lipinski definition) is 1. The molecule has 1 aromatic heterocycles. The fourth-order valence-electron chi connectivity index (χ4n) is 1.72. The van der Waals surface area contributed by atoms with E-state index in [1.165, 1.54) is 0 Å². The van der Waals surface area contributed by atoms with E-state index in [9.17, 15) is 0 Å². The van der Waals surface area contributed by atoms with Crippen LogP contribution >= 0.6 is 31.9 Å². The first-order valence-corrected chi connectivity index (χ1v) is 7.37. The van der Waals surface area contributed by atoms with Gasteiger partial charge in [0.05, 0.1) is 0 Å². The van der Waals surface area contributed by atoms with Crippen LogP contribution in [0.4, 0.5) is 5.69 Å². The first-order chi connectivity index (χ1) is 9.63. The second-order valence-electron chi connectivity index (χ2n) is 4.17. The highest BCUT2D eigenvalue weighted by atomic mass is 79.9. The number of rotatable bonds is 2. The lowest BCUT2D eigenvalue weighted by atomic mass is 10.2. The first kappa shape index (κ1) is 13.3. The van der Waals surface area contributed by atoms with Gasteiger partial charge in [0.25, 0.3) is 5.89 Å². The summed E-state index contributed by atoms with van der Waals surface area (Å²) in [5.41, 5.74) is 8.15. The maximum absolute atomic E-state index is 5.76. The quantitative estimate of drug-likeness (QED) is 0.649. The van der Waals surface area contributed by atoms with Crippen molar-refractivity contribution in [3.8, 4) is 22.8 Å². The van der Waals surface area contributed by atoms with Crippen LogP contribution in [0.3, 0.4) is 0 Å². The second-order valence-corrected chi connectivity index (χ2v) is 5.94. The van der Waals surface area contributed by atoms with Gasteiger partial charge in [-0.25, -0.2) is 0 Å². The molecule has 0 amide bonds. The molecular formula is C14H9Br2N3O. The smallest absolute Gasteiger partial charge is 0.258 e. The number of hydrogen-bond acceptors (Lipinski definition) is 4. The standard InChI is InChI=1S/C14H9Br2N3O/c15-10-4-1-8(2-5-10)13-18-14(20-19-13)9-3-6-12(17)11(16)7-9/h1-7H,17H2. The molecule has 0 spiro atoms. The zero-order chi connectivity index (χ0) is 14.1. The number of nitrogens with two attached hydrogens (primary N) is 1. The summed E-state index contributed by atoms with van der Waals surface area (Å²) < 4.78 is 7.11. The lowest BCUT2D eigenvalue weighted by Gasteiger charge is -1.99. The molecule has 2 N–H and O–H groups in total. The molecular weight excluding hydrogens is 386 g/mol. The van der Waals surface area contributed by atoms with Crippen LogP contribution in [0.25, 0.3) is 22.8 Å². The molecule has 3 rings (SSSR count). The van der Waals surface area contributed by atoms with Crippen molar-refractivity contribution in [2.24, 2.45) is 0 Å². The summed E-state index contributed by atoms with van der Waals surface area (Å²) in [5, 5.41) is 4.00. The van der Waals surface area contributed by atoms with Crippen LogP contribution in [0, 0.1) is 0 Å². The van der Waals surface area contributed by atoms with Crippen molar-refractivity contribution >= 4 is 37.5 Å². The average molecular weight is 395 g/mol. The van der Waals surface area contributed by atoms with Gasteiger partial charge in [0.2, 0.25) is 5.82 Å². The number of halogens is 2. The van der Waals surface area contributed by atoms with Crippen molar-refractivity contribution in [1.82, 2.24) is 10.1 Å². The van der Waals surface area contributed by atoms with Gasteiger partial charge in [0.1, 0.15) is 0 Å². The molecule has 0 aliphatic carbocycles. The molecule has 0 aliphatic heterocycles. The van der Waals surface area contributed by atoms with Gasteiger partial charge in [0, 0.05) is 25.8 Å². The Labute approximate surface area is 132 Å². The van der Waals surface area contributed by atoms with Gasteiger partial charge in [0.15, 0.2) is 0 Å². The second kappa shape index (κ2) is 5.38. The van der Waals surface area contributed by atoms with Gasteiger partial charge in [-0.2, -0.15) is 4.98 Å². The Bertz CT molecular complexity index is 753. The summed E-state index contributed by atoms with van der Waals surface area (Å²) in [7, 11) is 0. The molecule has 6 heteroatoms. The van der Waals surface area contributed by atoms with Crippen molar-refractivity contribution in [3.63, 3.8) is 0 Å². The minimum atomic E-state index is 0.462. The van der Waals surface area contributed by atoms with E-state index in [0.29, 0.717) is 17.4 Å². The van der Waals surface area contributed by atoms with Gasteiger partial charge in [-0.1, -0.05) is 21.1 Å². The summed E-state index contributed by atoms with van der Waals surface area (Å²) in [4.78, 5) is 4.40. The highest BCUT2D eigenvalue weighted by Gasteiger charge is 2.11. The third-order valence-corrected chi connectivity index (χ3v) is 3.99. The fraction of sp³-hybridized carbons (Fsp3) is 0. The fourth-order valence-corrected chi connectivity index (χ4v) is 2.36. The van der Waals surface area contributed by atoms with E-state index in [2.05, 4.69) is 42.0 Å². The Morgan fingerprint density at radius 1 is 0.950 bits per heavy atom. The van der Waals surface area contributed by atoms with Crippen LogP contribution in [-0.2, 0) is 0 Å². The van der Waals surface area contributed by atoms with E-state index >= 15 is 0 Å². The Morgan fingerprint density at radius 3 is 2.35 bits per heavy atom. The Kier molecular flexibility index (Phi) is 3.58. The maximum Gasteiger partial charge on any atom is 0.258 e. The number of aromatic nitrogens is 2. The number of anilines is 1. The van der Waals surface area contributed by atoms with Gasteiger partial charge < -0.3 is 10.3 Å². The van der Waals surface area contributed by atoms with Crippen molar-refractivity contribution in [2.75, 3.05) is 5.73 Å². The predicted molar refractivity (Wildman–Crippen MR) is 85.0 cm³/mol. The Hall–Kier alpha value is -1.66. The largest absolute Gasteiger partial charge is 0.398 e. The Morgan fingerprint density at radius 2 is 1.65 bits per heavy atom. The summed E-state index contributed by atoms with van der Waals surface area (Å²) in [6.07, 6.45) is 0. The van der Waals surface area contributed by atoms with E-state index in [4.69, 9.17) is 10.3 Å². The van der Waals surface area contributed by atoms with E-state index in [0.717, 1.165) is 20.1 Å². The highest BCUT2D eigenvalue weighted by molar-refractivity contribution is 9.10. The van der Waals surface area contributed by atoms with Crippen LogP contribution < -0.4 is 5.73 Å². The summed E-state index contributed by atoms with van der Waals surface area (Å²) in [6, 6.07) is 13.2. The zero-order valence-electron chi connectivity index (χ0n) is 10.2. The molecule has 0 aliphatic rings. The zero-order valence-corrected chi connectivity index (χ0v) is 13.3. The normalized spacial score (nSPS) is 10.7. The third-order valence-electron chi connectivity index (χ3n) is 2.78. The highest BCUT2D eigenvalue weighted by Crippen LogP contribution is 2.28. The number of nitrogens with zero attached hydrogens (tertiary/aromatic N) is 2. The summed E-state index contributed by atoms with van der Waals surface area (Å²) in [6.45, 7) is 0. The maximum atomic E-state index is 5.76. The minimum absolute atomic E-state index is 0.462. The Balaban J connectivity index is 1.97. The van der Waals surface area contributed by atoms with Crippen molar-refractivity contribution in [2.45, 2.75) is 0 Å². The SMILES string of the molecule is Nc1ccc(-c2nc(-c3ccc(Br)cc3)no2)cc1Br. The van der Waals surface area contributed by atoms with Crippen LogP contribution in [0.2, 0.25) is 0 Å². The molecule has 100 valence electrons. The third kappa shape index (κ3) is 2.62. The molecule has 20 heavy (non-hydrogen) atoms. The molecule has 0 bridgehead atoms. The topological polar surface area (TPSA) is 64.9 Å². The van der Waals surface area contributed by atoms with Crippen LogP contribution in [0.5, 0.6) is 0 Å². The molecule has 0 saturated heterocycles. The average Bonchev–Trinajstić information content (AvgIpc) is 2.92. The van der Waals surface area contributed by atoms with E-state index in [1.54, 1.807) is 6.07 Å². The number of benzene rings is 2. The van der Waals surface area contributed by atoms with Crippen LogP contribution in [0.1, 0.15) is 0 Å². The minimum Gasteiger partial charge on any atom is -0.398 e. The van der Waals surface area contributed by atoms with Gasteiger partial charge in [-0.15, -0.1) is 0 Å². The lowest BCUT2D eigenvalue weighted by Crippen LogP contribution is -1.87. The molecule has 4 nitrogen and oxygen atoms in total. The van der Waals surface area contributed by atoms with Gasteiger partial charge in [-0.3, -0.25) is 0 Å². The van der Waals surface area contributed by atoms with E-state index in [-0.39, 0.29) is 0 Å². The molecule has 2 aromatic carbocycles. The number of nitrogen functional groups attached to an aromatic ring is 1. The molecule has 3 aromatic rings. The molecule has 0 radical (unpaired) electrons. The molecule has 0 fully saturated rings. The molecule has 0 atom stereocenters. The molecule has 0 saturated carbocycles. The van der Waals surface area contributed by atoms with E-state index in [1.807, 2.05) is 36.4 Å². The van der Waals surface area contributed by atoms with Crippen molar-refractivity contribution in [3.05, 3.63) is 51.4 Å². The van der Waals surface area contributed by atoms with Crippen molar-refractivity contribution < 1.29 is 4.52 Å². The summed E-state index contributed by atoms with van der Waals surface area (Å²) in [5.74, 6) is 1.02. The van der Waals surface area contributed by atoms with E-state index < -0.39 is 0 Å². The van der Waals surface area contributed by atoms with Gasteiger partial charge >= 0.3 is 0 Å². The van der Waals surface area contributed by atoms with Crippen LogP contribution in [-0.4, -0.2) is 10.1 Å². The molecule has 1 heterocycles. The molecule has 0 unspecified atom stereocenters. The first-order valence-electron chi connectivity index (χ1n) is 5.78.